The average molecular weight is 460 g/mol. The fourth-order valence-electron chi connectivity index (χ4n) is 4.60. The third-order valence-corrected chi connectivity index (χ3v) is 7.60. The molecule has 0 spiro atoms. The molecule has 0 aromatic heterocycles. The largest absolute Gasteiger partial charge is 0.493 e. The van der Waals surface area contributed by atoms with E-state index in [1.807, 2.05) is 36.2 Å². The first-order valence-corrected chi connectivity index (χ1v) is 12.2. The molecule has 0 N–H and O–H groups in total. The van der Waals surface area contributed by atoms with Crippen molar-refractivity contribution in [1.82, 2.24) is 9.91 Å². The van der Waals surface area contributed by atoms with E-state index in [-0.39, 0.29) is 0 Å². The molecule has 170 valence electrons. The van der Waals surface area contributed by atoms with Crippen LogP contribution in [-0.4, -0.2) is 56.5 Å². The molecule has 6 heteroatoms. The summed E-state index contributed by atoms with van der Waals surface area (Å²) in [4.78, 5) is 5.39. The van der Waals surface area contributed by atoms with E-state index in [1.165, 1.54) is 20.9 Å². The fraction of sp³-hybridized carbons (Fsp3) is 0.296. The van der Waals surface area contributed by atoms with Crippen LogP contribution in [0.2, 0.25) is 0 Å². The number of fused-ring (bicyclic) bond motifs is 2. The number of hydrazone groups is 1. The molecular formula is C27H29N3O2S. The van der Waals surface area contributed by atoms with Gasteiger partial charge in [-0.05, 0) is 53.4 Å². The molecule has 0 saturated carbocycles. The summed E-state index contributed by atoms with van der Waals surface area (Å²) in [5, 5.41) is 6.91. The van der Waals surface area contributed by atoms with E-state index in [0.717, 1.165) is 49.7 Å². The second kappa shape index (κ2) is 9.89. The first-order chi connectivity index (χ1) is 16.2. The van der Waals surface area contributed by atoms with Gasteiger partial charge in [-0.3, -0.25) is 9.91 Å². The fourth-order valence-corrected chi connectivity index (χ4v) is 5.74. The molecule has 1 unspecified atom stereocenters. The Bertz CT molecular complexity index is 1140. The van der Waals surface area contributed by atoms with Gasteiger partial charge in [0.05, 0.1) is 20.4 Å². The van der Waals surface area contributed by atoms with Gasteiger partial charge < -0.3 is 9.47 Å². The van der Waals surface area contributed by atoms with E-state index in [4.69, 9.17) is 14.6 Å². The van der Waals surface area contributed by atoms with Gasteiger partial charge in [0.25, 0.3) is 0 Å². The van der Waals surface area contributed by atoms with Gasteiger partial charge in [-0.25, -0.2) is 0 Å². The van der Waals surface area contributed by atoms with Crippen molar-refractivity contribution < 1.29 is 9.47 Å². The van der Waals surface area contributed by atoms with Crippen LogP contribution >= 0.6 is 11.8 Å². The van der Waals surface area contributed by atoms with Crippen molar-refractivity contribution in [2.45, 2.75) is 22.3 Å². The maximum absolute atomic E-state index is 5.41. The van der Waals surface area contributed by atoms with Gasteiger partial charge in [-0.15, -0.1) is 0 Å². The Morgan fingerprint density at radius 3 is 2.36 bits per heavy atom. The van der Waals surface area contributed by atoms with Crippen molar-refractivity contribution in [2.24, 2.45) is 5.10 Å². The predicted octanol–water partition coefficient (Wildman–Crippen LogP) is 5.10. The van der Waals surface area contributed by atoms with Crippen LogP contribution < -0.4 is 9.47 Å². The number of ether oxygens (including phenoxy) is 2. The van der Waals surface area contributed by atoms with E-state index in [1.54, 1.807) is 14.2 Å². The number of benzene rings is 3. The molecule has 1 saturated heterocycles. The average Bonchev–Trinajstić information content (AvgIpc) is 3.04. The molecule has 33 heavy (non-hydrogen) atoms. The van der Waals surface area contributed by atoms with Crippen LogP contribution in [0.25, 0.3) is 0 Å². The van der Waals surface area contributed by atoms with Gasteiger partial charge in [0.1, 0.15) is 0 Å². The van der Waals surface area contributed by atoms with Gasteiger partial charge in [-0.2, -0.15) is 5.10 Å². The first-order valence-electron chi connectivity index (χ1n) is 11.3. The lowest BCUT2D eigenvalue weighted by Crippen LogP contribution is -2.46. The zero-order valence-corrected chi connectivity index (χ0v) is 19.9. The maximum atomic E-state index is 5.41. The molecule has 1 fully saturated rings. The van der Waals surface area contributed by atoms with E-state index in [0.29, 0.717) is 6.04 Å². The number of hydrogen-bond donors (Lipinski definition) is 0. The lowest BCUT2D eigenvalue weighted by Gasteiger charge is -2.38. The van der Waals surface area contributed by atoms with Crippen molar-refractivity contribution in [3.8, 4) is 11.5 Å². The molecular weight excluding hydrogens is 430 g/mol. The highest BCUT2D eigenvalue weighted by atomic mass is 32.2. The third kappa shape index (κ3) is 4.72. The van der Waals surface area contributed by atoms with Gasteiger partial charge in [0.15, 0.2) is 11.5 Å². The van der Waals surface area contributed by atoms with Crippen LogP contribution in [0.15, 0.2) is 81.6 Å². The molecule has 5 rings (SSSR count). The van der Waals surface area contributed by atoms with Crippen LogP contribution in [-0.2, 0) is 6.42 Å². The summed E-state index contributed by atoms with van der Waals surface area (Å²) in [5.41, 5.74) is 3.89. The van der Waals surface area contributed by atoms with Gasteiger partial charge in [0, 0.05) is 42.0 Å². The molecule has 3 aromatic rings. The minimum atomic E-state index is 0.398. The van der Waals surface area contributed by atoms with Gasteiger partial charge >= 0.3 is 0 Å². The summed E-state index contributed by atoms with van der Waals surface area (Å²) >= 11 is 1.90. The highest BCUT2D eigenvalue weighted by Gasteiger charge is 2.29. The van der Waals surface area contributed by atoms with Crippen LogP contribution in [0.4, 0.5) is 0 Å². The Labute approximate surface area is 200 Å². The summed E-state index contributed by atoms with van der Waals surface area (Å²) in [6.07, 6.45) is 2.96. The normalized spacial score (nSPS) is 18.5. The number of methoxy groups -OCH3 is 2. The smallest absolute Gasteiger partial charge is 0.161 e. The van der Waals surface area contributed by atoms with Crippen molar-refractivity contribution in [1.29, 1.82) is 0 Å². The zero-order valence-electron chi connectivity index (χ0n) is 19.1. The molecule has 1 atom stereocenters. The molecule has 0 aliphatic carbocycles. The zero-order chi connectivity index (χ0) is 22.6. The van der Waals surface area contributed by atoms with Crippen LogP contribution in [0.3, 0.4) is 0 Å². The number of rotatable bonds is 5. The van der Waals surface area contributed by atoms with Crippen molar-refractivity contribution in [3.63, 3.8) is 0 Å². The predicted molar refractivity (Wildman–Crippen MR) is 134 cm³/mol. The Hall–Kier alpha value is -2.96. The summed E-state index contributed by atoms with van der Waals surface area (Å²) in [6.45, 7) is 3.82. The Morgan fingerprint density at radius 1 is 0.848 bits per heavy atom. The van der Waals surface area contributed by atoms with Crippen LogP contribution in [0, 0.1) is 0 Å². The standard InChI is InChI=1S/C27H29N3O2S/c1-31-24-12-11-20(17-25(24)32-2)19-28-30-15-13-29(14-16-30)23-18-21-7-3-5-9-26(21)33-27-10-6-4-8-22(23)27/h3-12,17,19,23H,13-16,18H2,1-2H3. The Balaban J connectivity index is 1.29. The Morgan fingerprint density at radius 2 is 1.58 bits per heavy atom. The van der Waals surface area contributed by atoms with Crippen LogP contribution in [0.5, 0.6) is 11.5 Å². The molecule has 0 amide bonds. The number of piperazine rings is 1. The van der Waals surface area contributed by atoms with Gasteiger partial charge in [-0.1, -0.05) is 48.2 Å². The molecule has 5 nitrogen and oxygen atoms in total. The highest BCUT2D eigenvalue weighted by molar-refractivity contribution is 7.99. The first kappa shape index (κ1) is 21.9. The molecule has 0 bridgehead atoms. The SMILES string of the molecule is COc1ccc(C=NN2CCN(C3Cc4ccccc4Sc4ccccc43)CC2)cc1OC. The second-order valence-electron chi connectivity index (χ2n) is 8.32. The van der Waals surface area contributed by atoms with Gasteiger partial charge in [0.2, 0.25) is 0 Å². The second-order valence-corrected chi connectivity index (χ2v) is 9.40. The molecule has 2 aliphatic heterocycles. The maximum Gasteiger partial charge on any atom is 0.161 e. The lowest BCUT2D eigenvalue weighted by atomic mass is 9.97. The van der Waals surface area contributed by atoms with E-state index < -0.39 is 0 Å². The number of nitrogens with zero attached hydrogens (tertiary/aromatic N) is 3. The molecule has 2 aliphatic rings. The topological polar surface area (TPSA) is 37.3 Å². The molecule has 0 radical (unpaired) electrons. The summed E-state index contributed by atoms with van der Waals surface area (Å²) in [6, 6.07) is 24.0. The monoisotopic (exact) mass is 459 g/mol. The minimum Gasteiger partial charge on any atom is -0.493 e. The van der Waals surface area contributed by atoms with E-state index >= 15 is 0 Å². The summed E-state index contributed by atoms with van der Waals surface area (Å²) in [5.74, 6) is 1.45. The van der Waals surface area contributed by atoms with E-state index in [9.17, 15) is 0 Å². The summed E-state index contributed by atoms with van der Waals surface area (Å²) in [7, 11) is 3.30. The Kier molecular flexibility index (Phi) is 6.55. The molecule has 3 aromatic carbocycles. The number of hydrogen-bond acceptors (Lipinski definition) is 6. The van der Waals surface area contributed by atoms with Crippen LogP contribution in [0.1, 0.15) is 22.7 Å². The quantitative estimate of drug-likeness (QED) is 0.496. The lowest BCUT2D eigenvalue weighted by molar-refractivity contribution is 0.0970. The highest BCUT2D eigenvalue weighted by Crippen LogP contribution is 2.42. The van der Waals surface area contributed by atoms with Crippen molar-refractivity contribution >= 4 is 18.0 Å². The summed E-state index contributed by atoms with van der Waals surface area (Å²) < 4.78 is 10.7. The van der Waals surface area contributed by atoms with Crippen molar-refractivity contribution in [2.75, 3.05) is 40.4 Å². The van der Waals surface area contributed by atoms with Crippen molar-refractivity contribution in [3.05, 3.63) is 83.4 Å². The molecule has 2 heterocycles. The minimum absolute atomic E-state index is 0.398. The third-order valence-electron chi connectivity index (χ3n) is 6.39. The van der Waals surface area contributed by atoms with E-state index in [2.05, 4.69) is 58.4 Å².